The van der Waals surface area contributed by atoms with E-state index in [0.29, 0.717) is 5.56 Å². The van der Waals surface area contributed by atoms with E-state index in [1.807, 2.05) is 55.6 Å². The first-order valence-corrected chi connectivity index (χ1v) is 9.42. The minimum atomic E-state index is -0.356. The summed E-state index contributed by atoms with van der Waals surface area (Å²) >= 11 is 1.50. The Morgan fingerprint density at radius 1 is 0.889 bits per heavy atom. The van der Waals surface area contributed by atoms with Crippen LogP contribution in [0.1, 0.15) is 26.4 Å². The van der Waals surface area contributed by atoms with Crippen molar-refractivity contribution in [3.8, 4) is 0 Å². The van der Waals surface area contributed by atoms with Crippen LogP contribution in [0.3, 0.4) is 0 Å². The standard InChI is InChI=1S/C22H20N2O2S/c1-15-8-6-9-16(2)20(15)24-22(26)19(14-18-12-7-13-27-18)23-21(25)17-10-4-3-5-11-17/h3-14H,1-2H3,(H,23,25)(H,24,26)/b19-14-. The van der Waals surface area contributed by atoms with Gasteiger partial charge in [0, 0.05) is 16.1 Å². The van der Waals surface area contributed by atoms with Crippen molar-refractivity contribution in [3.63, 3.8) is 0 Å². The second-order valence-corrected chi connectivity index (χ2v) is 7.09. The summed E-state index contributed by atoms with van der Waals surface area (Å²) in [6.07, 6.45) is 1.69. The predicted octanol–water partition coefficient (Wildman–Crippen LogP) is 4.77. The summed E-state index contributed by atoms with van der Waals surface area (Å²) in [6.45, 7) is 3.88. The number of anilines is 1. The second kappa shape index (κ2) is 8.47. The molecule has 4 nitrogen and oxygen atoms in total. The molecule has 0 fully saturated rings. The van der Waals surface area contributed by atoms with Crippen LogP contribution in [0, 0.1) is 13.8 Å². The van der Waals surface area contributed by atoms with Crippen LogP contribution in [0.25, 0.3) is 6.08 Å². The fourth-order valence-electron chi connectivity index (χ4n) is 2.65. The van der Waals surface area contributed by atoms with Crippen molar-refractivity contribution in [3.05, 3.63) is 93.3 Å². The molecule has 1 heterocycles. The van der Waals surface area contributed by atoms with E-state index in [4.69, 9.17) is 0 Å². The molecule has 0 aliphatic heterocycles. The maximum Gasteiger partial charge on any atom is 0.272 e. The summed E-state index contributed by atoms with van der Waals surface area (Å²) < 4.78 is 0. The highest BCUT2D eigenvalue weighted by molar-refractivity contribution is 7.10. The zero-order valence-corrected chi connectivity index (χ0v) is 16.0. The number of hydrogen-bond acceptors (Lipinski definition) is 3. The number of amides is 2. The van der Waals surface area contributed by atoms with E-state index in [-0.39, 0.29) is 17.5 Å². The topological polar surface area (TPSA) is 58.2 Å². The van der Waals surface area contributed by atoms with Crippen LogP contribution in [0.15, 0.2) is 71.7 Å². The SMILES string of the molecule is Cc1cccc(C)c1NC(=O)/C(=C/c1cccs1)NC(=O)c1ccccc1. The Labute approximate surface area is 162 Å². The molecule has 0 aliphatic rings. The molecule has 0 spiro atoms. The van der Waals surface area contributed by atoms with Gasteiger partial charge in [-0.05, 0) is 54.6 Å². The molecule has 0 saturated heterocycles. The van der Waals surface area contributed by atoms with Crippen LogP contribution in [0.4, 0.5) is 5.69 Å². The number of carbonyl (C=O) groups excluding carboxylic acids is 2. The number of thiophene rings is 1. The highest BCUT2D eigenvalue weighted by atomic mass is 32.1. The van der Waals surface area contributed by atoms with Gasteiger partial charge in [0.15, 0.2) is 0 Å². The summed E-state index contributed by atoms with van der Waals surface area (Å²) in [5, 5.41) is 7.60. The Kier molecular flexibility index (Phi) is 5.84. The van der Waals surface area contributed by atoms with Crippen molar-refractivity contribution in [2.75, 3.05) is 5.32 Å². The summed E-state index contributed by atoms with van der Waals surface area (Å²) in [7, 11) is 0. The molecule has 0 radical (unpaired) electrons. The minimum Gasteiger partial charge on any atom is -0.320 e. The molecular weight excluding hydrogens is 356 g/mol. The monoisotopic (exact) mass is 376 g/mol. The van der Waals surface area contributed by atoms with Gasteiger partial charge in [0.1, 0.15) is 5.70 Å². The Morgan fingerprint density at radius 3 is 2.22 bits per heavy atom. The van der Waals surface area contributed by atoms with Crippen molar-refractivity contribution in [2.24, 2.45) is 0 Å². The molecule has 27 heavy (non-hydrogen) atoms. The van der Waals surface area contributed by atoms with Gasteiger partial charge in [-0.1, -0.05) is 42.5 Å². The second-order valence-electron chi connectivity index (χ2n) is 6.11. The number of nitrogens with one attached hydrogen (secondary N) is 2. The van der Waals surface area contributed by atoms with Crippen molar-refractivity contribution < 1.29 is 9.59 Å². The fourth-order valence-corrected chi connectivity index (χ4v) is 3.31. The van der Waals surface area contributed by atoms with E-state index in [9.17, 15) is 9.59 Å². The smallest absolute Gasteiger partial charge is 0.272 e. The highest BCUT2D eigenvalue weighted by Gasteiger charge is 2.16. The molecule has 3 rings (SSSR count). The Balaban J connectivity index is 1.88. The van der Waals surface area contributed by atoms with Crippen LogP contribution < -0.4 is 10.6 Å². The van der Waals surface area contributed by atoms with Crippen molar-refractivity contribution in [1.82, 2.24) is 5.32 Å². The van der Waals surface area contributed by atoms with Gasteiger partial charge in [-0.3, -0.25) is 9.59 Å². The normalized spacial score (nSPS) is 11.1. The molecule has 2 aromatic carbocycles. The molecule has 0 atom stereocenters. The van der Waals surface area contributed by atoms with Crippen LogP contribution in [-0.4, -0.2) is 11.8 Å². The molecule has 0 aliphatic carbocycles. The fraction of sp³-hybridized carbons (Fsp3) is 0.0909. The molecule has 5 heteroatoms. The summed E-state index contributed by atoms with van der Waals surface area (Å²) in [4.78, 5) is 26.4. The van der Waals surface area contributed by atoms with Crippen molar-refractivity contribution >= 4 is 34.9 Å². The number of aryl methyl sites for hydroxylation is 2. The zero-order valence-electron chi connectivity index (χ0n) is 15.2. The Hall–Kier alpha value is -3.18. The number of hydrogen-bond donors (Lipinski definition) is 2. The van der Waals surface area contributed by atoms with Gasteiger partial charge in [-0.2, -0.15) is 0 Å². The molecule has 2 amide bonds. The lowest BCUT2D eigenvalue weighted by Gasteiger charge is -2.14. The lowest BCUT2D eigenvalue weighted by molar-refractivity contribution is -0.113. The van der Waals surface area contributed by atoms with E-state index in [0.717, 1.165) is 21.7 Å². The van der Waals surface area contributed by atoms with Crippen molar-refractivity contribution in [1.29, 1.82) is 0 Å². The first kappa shape index (κ1) is 18.6. The summed E-state index contributed by atoms with van der Waals surface area (Å²) in [5.41, 5.74) is 3.39. The molecule has 0 bridgehead atoms. The molecule has 0 unspecified atom stereocenters. The van der Waals surface area contributed by atoms with Gasteiger partial charge >= 0.3 is 0 Å². The van der Waals surface area contributed by atoms with Gasteiger partial charge in [0.2, 0.25) is 0 Å². The van der Waals surface area contributed by atoms with Crippen molar-refractivity contribution in [2.45, 2.75) is 13.8 Å². The zero-order chi connectivity index (χ0) is 19.2. The maximum absolute atomic E-state index is 12.9. The average molecular weight is 376 g/mol. The van der Waals surface area contributed by atoms with Crippen LogP contribution in [0.5, 0.6) is 0 Å². The third-order valence-electron chi connectivity index (χ3n) is 4.08. The number of carbonyl (C=O) groups is 2. The van der Waals surface area contributed by atoms with E-state index < -0.39 is 0 Å². The molecule has 2 N–H and O–H groups in total. The van der Waals surface area contributed by atoms with Gasteiger partial charge in [-0.15, -0.1) is 11.3 Å². The molecule has 0 saturated carbocycles. The number of para-hydroxylation sites is 1. The quantitative estimate of drug-likeness (QED) is 0.630. The van der Waals surface area contributed by atoms with Gasteiger partial charge in [0.25, 0.3) is 11.8 Å². The predicted molar refractivity (Wildman–Crippen MR) is 111 cm³/mol. The Bertz CT molecular complexity index is 957. The van der Waals surface area contributed by atoms with Gasteiger partial charge in [0.05, 0.1) is 0 Å². The van der Waals surface area contributed by atoms with Crippen LogP contribution >= 0.6 is 11.3 Å². The van der Waals surface area contributed by atoms with E-state index in [1.54, 1.807) is 30.3 Å². The Morgan fingerprint density at radius 2 is 1.59 bits per heavy atom. The molecule has 1 aromatic heterocycles. The van der Waals surface area contributed by atoms with Gasteiger partial charge < -0.3 is 10.6 Å². The van der Waals surface area contributed by atoms with E-state index in [2.05, 4.69) is 10.6 Å². The first-order chi connectivity index (χ1) is 13.0. The van der Waals surface area contributed by atoms with E-state index >= 15 is 0 Å². The molecule has 3 aromatic rings. The minimum absolute atomic E-state index is 0.203. The summed E-state index contributed by atoms with van der Waals surface area (Å²) in [6, 6.07) is 18.4. The lowest BCUT2D eigenvalue weighted by atomic mass is 10.1. The average Bonchev–Trinajstić information content (AvgIpc) is 3.18. The third kappa shape index (κ3) is 4.71. The highest BCUT2D eigenvalue weighted by Crippen LogP contribution is 2.21. The van der Waals surface area contributed by atoms with Gasteiger partial charge in [-0.25, -0.2) is 0 Å². The number of rotatable bonds is 5. The maximum atomic E-state index is 12.9. The largest absolute Gasteiger partial charge is 0.320 e. The molecular formula is C22H20N2O2S. The van der Waals surface area contributed by atoms with Crippen LogP contribution in [0.2, 0.25) is 0 Å². The van der Waals surface area contributed by atoms with E-state index in [1.165, 1.54) is 11.3 Å². The summed E-state index contributed by atoms with van der Waals surface area (Å²) in [5.74, 6) is -0.680. The van der Waals surface area contributed by atoms with Crippen LogP contribution in [-0.2, 0) is 4.79 Å². The molecule has 136 valence electrons. The number of benzene rings is 2. The lowest BCUT2D eigenvalue weighted by Crippen LogP contribution is -2.31. The third-order valence-corrected chi connectivity index (χ3v) is 4.90. The first-order valence-electron chi connectivity index (χ1n) is 8.54.